The number of rotatable bonds is 2. The third-order valence-electron chi connectivity index (χ3n) is 3.97. The molecular formula is C13H16N4O. The topological polar surface area (TPSA) is 51.5 Å². The number of ether oxygens (including phenoxy) is 1. The predicted octanol–water partition coefficient (Wildman–Crippen LogP) is 1.77. The van der Waals surface area contributed by atoms with Crippen LogP contribution in [0.15, 0.2) is 18.2 Å². The van der Waals surface area contributed by atoms with E-state index in [1.165, 1.54) is 6.42 Å². The van der Waals surface area contributed by atoms with Crippen molar-refractivity contribution in [2.75, 3.05) is 5.32 Å². The van der Waals surface area contributed by atoms with E-state index in [2.05, 4.69) is 15.4 Å². The minimum Gasteiger partial charge on any atom is -0.373 e. The van der Waals surface area contributed by atoms with Crippen LogP contribution in [0.2, 0.25) is 0 Å². The van der Waals surface area contributed by atoms with Gasteiger partial charge in [-0.1, -0.05) is 6.07 Å². The minimum atomic E-state index is 0.350. The molecule has 4 heterocycles. The summed E-state index contributed by atoms with van der Waals surface area (Å²) in [5.41, 5.74) is 1.99. The molecule has 0 aliphatic carbocycles. The SMILES string of the molecule is Cc1cccc2nc(NC3CC4CCC3O4)nn12. The highest BCUT2D eigenvalue weighted by Gasteiger charge is 2.41. The van der Waals surface area contributed by atoms with E-state index < -0.39 is 0 Å². The fourth-order valence-electron chi connectivity index (χ4n) is 3.05. The van der Waals surface area contributed by atoms with E-state index in [-0.39, 0.29) is 0 Å². The second-order valence-electron chi connectivity index (χ2n) is 5.23. The average molecular weight is 244 g/mol. The third-order valence-corrected chi connectivity index (χ3v) is 3.97. The number of pyridine rings is 1. The zero-order valence-electron chi connectivity index (χ0n) is 10.3. The number of nitrogens with one attached hydrogen (secondary N) is 1. The van der Waals surface area contributed by atoms with Crippen molar-refractivity contribution >= 4 is 11.6 Å². The number of nitrogens with zero attached hydrogens (tertiary/aromatic N) is 3. The van der Waals surface area contributed by atoms with E-state index in [4.69, 9.17) is 4.74 Å². The van der Waals surface area contributed by atoms with Gasteiger partial charge in [-0.05, 0) is 38.3 Å². The summed E-state index contributed by atoms with van der Waals surface area (Å²) in [7, 11) is 0. The smallest absolute Gasteiger partial charge is 0.243 e. The fourth-order valence-corrected chi connectivity index (χ4v) is 3.05. The Morgan fingerprint density at radius 3 is 3.06 bits per heavy atom. The summed E-state index contributed by atoms with van der Waals surface area (Å²) in [5.74, 6) is 0.713. The molecule has 0 aromatic carbocycles. The number of aromatic nitrogens is 3. The first kappa shape index (κ1) is 10.3. The summed E-state index contributed by atoms with van der Waals surface area (Å²) in [5, 5.41) is 7.92. The van der Waals surface area contributed by atoms with Crippen LogP contribution in [-0.4, -0.2) is 32.8 Å². The molecule has 0 amide bonds. The number of hydrogen-bond donors (Lipinski definition) is 1. The van der Waals surface area contributed by atoms with E-state index in [0.29, 0.717) is 24.2 Å². The summed E-state index contributed by atoms with van der Waals surface area (Å²) < 4.78 is 7.70. The molecule has 0 radical (unpaired) electrons. The van der Waals surface area contributed by atoms with E-state index >= 15 is 0 Å². The fraction of sp³-hybridized carbons (Fsp3) is 0.538. The summed E-state index contributed by atoms with van der Waals surface area (Å²) in [6, 6.07) is 6.39. The van der Waals surface area contributed by atoms with E-state index in [0.717, 1.165) is 24.2 Å². The molecule has 2 aliphatic rings. The van der Waals surface area contributed by atoms with Crippen LogP contribution in [0.4, 0.5) is 5.95 Å². The number of hydrogen-bond acceptors (Lipinski definition) is 4. The Balaban J connectivity index is 1.61. The van der Waals surface area contributed by atoms with Gasteiger partial charge >= 0.3 is 0 Å². The van der Waals surface area contributed by atoms with Crippen molar-refractivity contribution in [3.8, 4) is 0 Å². The van der Waals surface area contributed by atoms with Crippen LogP contribution in [0.3, 0.4) is 0 Å². The first-order valence-corrected chi connectivity index (χ1v) is 6.54. The average Bonchev–Trinajstić information content (AvgIpc) is 3.03. The number of anilines is 1. The van der Waals surface area contributed by atoms with Crippen molar-refractivity contribution in [1.29, 1.82) is 0 Å². The summed E-state index contributed by atoms with van der Waals surface area (Å²) >= 11 is 0. The lowest BCUT2D eigenvalue weighted by Gasteiger charge is -2.18. The molecule has 0 saturated carbocycles. The largest absolute Gasteiger partial charge is 0.373 e. The Hall–Kier alpha value is -1.62. The Labute approximate surface area is 105 Å². The Kier molecular flexibility index (Phi) is 2.11. The van der Waals surface area contributed by atoms with Gasteiger partial charge in [0.2, 0.25) is 5.95 Å². The number of aryl methyl sites for hydroxylation is 1. The molecule has 0 spiro atoms. The second kappa shape index (κ2) is 3.68. The third kappa shape index (κ3) is 1.50. The molecule has 2 bridgehead atoms. The van der Waals surface area contributed by atoms with Crippen molar-refractivity contribution in [2.24, 2.45) is 0 Å². The summed E-state index contributed by atoms with van der Waals surface area (Å²) in [4.78, 5) is 4.51. The van der Waals surface area contributed by atoms with Crippen LogP contribution in [0.1, 0.15) is 25.0 Å². The highest BCUT2D eigenvalue weighted by atomic mass is 16.5. The van der Waals surface area contributed by atoms with Crippen molar-refractivity contribution in [2.45, 2.75) is 44.4 Å². The Morgan fingerprint density at radius 1 is 1.39 bits per heavy atom. The van der Waals surface area contributed by atoms with Gasteiger partial charge in [-0.3, -0.25) is 0 Å². The number of fused-ring (bicyclic) bond motifs is 3. The molecule has 1 N–H and O–H groups in total. The van der Waals surface area contributed by atoms with Gasteiger partial charge in [-0.15, -0.1) is 5.10 Å². The predicted molar refractivity (Wildman–Crippen MR) is 67.6 cm³/mol. The van der Waals surface area contributed by atoms with Gasteiger partial charge in [0.05, 0.1) is 18.2 Å². The Bertz CT molecular complexity index is 594. The van der Waals surface area contributed by atoms with Crippen molar-refractivity contribution < 1.29 is 4.74 Å². The first-order valence-electron chi connectivity index (χ1n) is 6.54. The molecule has 2 saturated heterocycles. The van der Waals surface area contributed by atoms with Gasteiger partial charge in [0.25, 0.3) is 0 Å². The van der Waals surface area contributed by atoms with Crippen molar-refractivity contribution in [1.82, 2.24) is 14.6 Å². The minimum absolute atomic E-state index is 0.350. The van der Waals surface area contributed by atoms with Crippen LogP contribution >= 0.6 is 0 Å². The van der Waals surface area contributed by atoms with Crippen LogP contribution in [0, 0.1) is 6.92 Å². The maximum absolute atomic E-state index is 5.83. The van der Waals surface area contributed by atoms with Gasteiger partial charge in [-0.25, -0.2) is 4.52 Å². The molecule has 18 heavy (non-hydrogen) atoms. The van der Waals surface area contributed by atoms with Crippen LogP contribution in [0.5, 0.6) is 0 Å². The summed E-state index contributed by atoms with van der Waals surface area (Å²) in [6.07, 6.45) is 4.25. The highest BCUT2D eigenvalue weighted by Crippen LogP contribution is 2.35. The van der Waals surface area contributed by atoms with Crippen LogP contribution in [-0.2, 0) is 4.74 Å². The van der Waals surface area contributed by atoms with Gasteiger partial charge in [-0.2, -0.15) is 4.98 Å². The van der Waals surface area contributed by atoms with Crippen molar-refractivity contribution in [3.63, 3.8) is 0 Å². The normalized spacial score (nSPS) is 30.2. The van der Waals surface area contributed by atoms with Gasteiger partial charge in [0, 0.05) is 5.69 Å². The monoisotopic (exact) mass is 244 g/mol. The molecule has 5 heteroatoms. The molecule has 3 atom stereocenters. The van der Waals surface area contributed by atoms with E-state index in [1.807, 2.05) is 29.6 Å². The second-order valence-corrected chi connectivity index (χ2v) is 5.23. The van der Waals surface area contributed by atoms with Gasteiger partial charge in [0.1, 0.15) is 0 Å². The maximum Gasteiger partial charge on any atom is 0.243 e. The molecular weight excluding hydrogens is 228 g/mol. The van der Waals surface area contributed by atoms with E-state index in [9.17, 15) is 0 Å². The van der Waals surface area contributed by atoms with E-state index in [1.54, 1.807) is 0 Å². The lowest BCUT2D eigenvalue weighted by atomic mass is 9.96. The zero-order valence-corrected chi connectivity index (χ0v) is 10.3. The van der Waals surface area contributed by atoms with Gasteiger partial charge < -0.3 is 10.1 Å². The Morgan fingerprint density at radius 2 is 2.33 bits per heavy atom. The zero-order chi connectivity index (χ0) is 12.1. The summed E-state index contributed by atoms with van der Waals surface area (Å²) in [6.45, 7) is 2.03. The molecule has 2 aliphatic heterocycles. The maximum atomic E-state index is 5.83. The molecule has 5 nitrogen and oxygen atoms in total. The van der Waals surface area contributed by atoms with Crippen LogP contribution < -0.4 is 5.32 Å². The molecule has 2 aromatic heterocycles. The first-order chi connectivity index (χ1) is 8.79. The van der Waals surface area contributed by atoms with Gasteiger partial charge in [0.15, 0.2) is 5.65 Å². The lowest BCUT2D eigenvalue weighted by Crippen LogP contribution is -2.30. The van der Waals surface area contributed by atoms with Crippen LogP contribution in [0.25, 0.3) is 5.65 Å². The van der Waals surface area contributed by atoms with Crippen molar-refractivity contribution in [3.05, 3.63) is 23.9 Å². The molecule has 94 valence electrons. The molecule has 2 fully saturated rings. The standard InChI is InChI=1S/C13H16N4O/c1-8-3-2-4-12-15-13(16-17(8)12)14-10-7-9-5-6-11(10)18-9/h2-4,9-11H,5-7H2,1H3,(H,14,16). The molecule has 3 unspecified atom stereocenters. The highest BCUT2D eigenvalue weighted by molar-refractivity contribution is 5.45. The lowest BCUT2D eigenvalue weighted by molar-refractivity contribution is 0.102. The quantitative estimate of drug-likeness (QED) is 0.874. The molecule has 2 aromatic rings. The molecule has 4 rings (SSSR count).